The van der Waals surface area contributed by atoms with Gasteiger partial charge in [0.05, 0.1) is 4.91 Å². The zero-order chi connectivity index (χ0) is 16.2. The van der Waals surface area contributed by atoms with Gasteiger partial charge in [0.25, 0.3) is 5.91 Å². The summed E-state index contributed by atoms with van der Waals surface area (Å²) in [4.78, 5) is 12.4. The highest BCUT2D eigenvalue weighted by atomic mass is 32.2. The van der Waals surface area contributed by atoms with Crippen LogP contribution in [0.1, 0.15) is 16.7 Å². The fourth-order valence-corrected chi connectivity index (χ4v) is 3.24. The number of aryl methyl sites for hydroxylation is 1. The minimum absolute atomic E-state index is 0.157. The van der Waals surface area contributed by atoms with E-state index in [9.17, 15) is 4.79 Å². The van der Waals surface area contributed by atoms with Crippen molar-refractivity contribution in [3.8, 4) is 5.75 Å². The smallest absolute Gasteiger partial charge is 0.263 e. The molecule has 1 aliphatic heterocycles. The monoisotopic (exact) mass is 341 g/mol. The molecule has 1 aliphatic rings. The van der Waals surface area contributed by atoms with Crippen molar-refractivity contribution in [3.05, 3.63) is 70.1 Å². The van der Waals surface area contributed by atoms with Crippen molar-refractivity contribution in [3.63, 3.8) is 0 Å². The number of rotatable bonds is 4. The Kier molecular flexibility index (Phi) is 4.79. The van der Waals surface area contributed by atoms with Gasteiger partial charge in [-0.1, -0.05) is 65.9 Å². The van der Waals surface area contributed by atoms with Gasteiger partial charge in [-0.2, -0.15) is 0 Å². The molecule has 1 N–H and O–H groups in total. The van der Waals surface area contributed by atoms with Crippen LogP contribution in [0.5, 0.6) is 5.75 Å². The van der Waals surface area contributed by atoms with E-state index in [1.807, 2.05) is 61.5 Å². The van der Waals surface area contributed by atoms with Gasteiger partial charge in [0.15, 0.2) is 0 Å². The van der Waals surface area contributed by atoms with Gasteiger partial charge in [-0.15, -0.1) is 0 Å². The van der Waals surface area contributed by atoms with Crippen LogP contribution in [-0.2, 0) is 11.4 Å². The Morgan fingerprint density at radius 1 is 1.22 bits per heavy atom. The summed E-state index contributed by atoms with van der Waals surface area (Å²) in [5.41, 5.74) is 3.08. The van der Waals surface area contributed by atoms with E-state index in [-0.39, 0.29) is 5.91 Å². The molecule has 116 valence electrons. The van der Waals surface area contributed by atoms with Crippen molar-refractivity contribution in [1.82, 2.24) is 5.32 Å². The average molecular weight is 341 g/mol. The van der Waals surface area contributed by atoms with Gasteiger partial charge in [0, 0.05) is 5.56 Å². The van der Waals surface area contributed by atoms with E-state index >= 15 is 0 Å². The largest absolute Gasteiger partial charge is 0.488 e. The molecule has 0 unspecified atom stereocenters. The molecule has 2 aromatic rings. The standard InChI is InChI=1S/C18H15NO2S2/c1-12-7-8-15(21-11-13-5-3-2-4-6-13)14(9-12)10-16-17(20)19-18(22)23-16/h2-10H,11H2,1H3,(H,19,20,22)/b16-10-. The first-order valence-corrected chi connectivity index (χ1v) is 8.36. The molecule has 1 heterocycles. The van der Waals surface area contributed by atoms with Gasteiger partial charge in [-0.3, -0.25) is 4.79 Å². The predicted molar refractivity (Wildman–Crippen MR) is 98.3 cm³/mol. The average Bonchev–Trinajstić information content (AvgIpc) is 2.85. The Morgan fingerprint density at radius 2 is 2.00 bits per heavy atom. The zero-order valence-electron chi connectivity index (χ0n) is 12.5. The summed E-state index contributed by atoms with van der Waals surface area (Å²) in [6.45, 7) is 2.49. The molecule has 0 spiro atoms. The number of hydrogen-bond acceptors (Lipinski definition) is 4. The maximum atomic E-state index is 11.8. The summed E-state index contributed by atoms with van der Waals surface area (Å²) in [5.74, 6) is 0.591. The topological polar surface area (TPSA) is 38.3 Å². The summed E-state index contributed by atoms with van der Waals surface area (Å²) >= 11 is 6.30. The van der Waals surface area contributed by atoms with Crippen molar-refractivity contribution in [2.24, 2.45) is 0 Å². The predicted octanol–water partition coefficient (Wildman–Crippen LogP) is 4.06. The number of benzene rings is 2. The van der Waals surface area contributed by atoms with Gasteiger partial charge in [0.1, 0.15) is 16.7 Å². The van der Waals surface area contributed by atoms with Crippen LogP contribution in [0.25, 0.3) is 6.08 Å². The van der Waals surface area contributed by atoms with Crippen LogP contribution in [0.2, 0.25) is 0 Å². The van der Waals surface area contributed by atoms with Gasteiger partial charge in [-0.25, -0.2) is 0 Å². The third-order valence-electron chi connectivity index (χ3n) is 3.33. The Labute approximate surface area is 144 Å². The minimum atomic E-state index is -0.157. The Hall–Kier alpha value is -2.11. The van der Waals surface area contributed by atoms with Gasteiger partial charge in [-0.05, 0) is 30.7 Å². The SMILES string of the molecule is Cc1ccc(OCc2ccccc2)c(/C=C2\SC(=S)NC2=O)c1. The molecule has 0 radical (unpaired) electrons. The highest BCUT2D eigenvalue weighted by molar-refractivity contribution is 8.26. The Balaban J connectivity index is 1.85. The second-order valence-corrected chi connectivity index (χ2v) is 6.89. The lowest BCUT2D eigenvalue weighted by Gasteiger charge is -2.10. The molecule has 0 aromatic heterocycles. The third-order valence-corrected chi connectivity index (χ3v) is 4.49. The summed E-state index contributed by atoms with van der Waals surface area (Å²) in [5, 5.41) is 2.63. The van der Waals surface area contributed by atoms with E-state index < -0.39 is 0 Å². The van der Waals surface area contributed by atoms with Crippen LogP contribution in [0, 0.1) is 6.92 Å². The fraction of sp³-hybridized carbons (Fsp3) is 0.111. The first-order chi connectivity index (χ1) is 11.1. The van der Waals surface area contributed by atoms with E-state index in [4.69, 9.17) is 17.0 Å². The second-order valence-electron chi connectivity index (χ2n) is 5.17. The molecule has 0 saturated carbocycles. The van der Waals surface area contributed by atoms with Gasteiger partial charge in [0.2, 0.25) is 0 Å². The number of nitrogens with one attached hydrogen (secondary N) is 1. The minimum Gasteiger partial charge on any atom is -0.488 e. The number of ether oxygens (including phenoxy) is 1. The normalized spacial score (nSPS) is 15.8. The second kappa shape index (κ2) is 6.98. The molecule has 3 nitrogen and oxygen atoms in total. The molecule has 1 amide bonds. The van der Waals surface area contributed by atoms with E-state index in [2.05, 4.69) is 5.32 Å². The highest BCUT2D eigenvalue weighted by Gasteiger charge is 2.22. The maximum Gasteiger partial charge on any atom is 0.263 e. The van der Waals surface area contributed by atoms with E-state index in [1.54, 1.807) is 0 Å². The van der Waals surface area contributed by atoms with Gasteiger partial charge < -0.3 is 10.1 Å². The van der Waals surface area contributed by atoms with Crippen LogP contribution in [0.4, 0.5) is 0 Å². The highest BCUT2D eigenvalue weighted by Crippen LogP contribution is 2.30. The summed E-state index contributed by atoms with van der Waals surface area (Å²) < 4.78 is 6.42. The summed E-state index contributed by atoms with van der Waals surface area (Å²) in [6.07, 6.45) is 1.83. The number of hydrogen-bond donors (Lipinski definition) is 1. The van der Waals surface area contributed by atoms with E-state index in [1.165, 1.54) is 11.8 Å². The van der Waals surface area contributed by atoms with E-state index in [0.717, 1.165) is 22.4 Å². The summed E-state index contributed by atoms with van der Waals surface area (Å²) in [6, 6.07) is 15.9. The number of amides is 1. The van der Waals surface area contributed by atoms with Crippen molar-refractivity contribution in [2.75, 3.05) is 0 Å². The number of carbonyl (C=O) groups is 1. The van der Waals surface area contributed by atoms with Crippen molar-refractivity contribution in [2.45, 2.75) is 13.5 Å². The molecule has 5 heteroatoms. The number of thiocarbonyl (C=S) groups is 1. The molecule has 23 heavy (non-hydrogen) atoms. The lowest BCUT2D eigenvalue weighted by molar-refractivity contribution is -0.115. The van der Waals surface area contributed by atoms with Gasteiger partial charge >= 0.3 is 0 Å². The third kappa shape index (κ3) is 4.00. The van der Waals surface area contributed by atoms with E-state index in [0.29, 0.717) is 15.8 Å². The fourth-order valence-electron chi connectivity index (χ4n) is 2.21. The zero-order valence-corrected chi connectivity index (χ0v) is 14.2. The summed E-state index contributed by atoms with van der Waals surface area (Å²) in [7, 11) is 0. The molecule has 0 bridgehead atoms. The molecule has 1 saturated heterocycles. The van der Waals surface area contributed by atoms with Crippen LogP contribution < -0.4 is 10.1 Å². The van der Waals surface area contributed by atoms with Crippen LogP contribution >= 0.6 is 24.0 Å². The van der Waals surface area contributed by atoms with Crippen molar-refractivity contribution < 1.29 is 9.53 Å². The Morgan fingerprint density at radius 3 is 2.70 bits per heavy atom. The molecular weight excluding hydrogens is 326 g/mol. The lowest BCUT2D eigenvalue weighted by Crippen LogP contribution is -2.17. The van der Waals surface area contributed by atoms with Crippen molar-refractivity contribution in [1.29, 1.82) is 0 Å². The maximum absolute atomic E-state index is 11.8. The van der Waals surface area contributed by atoms with Crippen molar-refractivity contribution >= 4 is 40.3 Å². The molecule has 3 rings (SSSR count). The lowest BCUT2D eigenvalue weighted by atomic mass is 10.1. The number of thioether (sulfide) groups is 1. The Bertz CT molecular complexity index is 785. The quantitative estimate of drug-likeness (QED) is 0.672. The van der Waals surface area contributed by atoms with Crippen LogP contribution in [0.15, 0.2) is 53.4 Å². The first kappa shape index (κ1) is 15.8. The molecule has 0 aliphatic carbocycles. The molecule has 1 fully saturated rings. The first-order valence-electron chi connectivity index (χ1n) is 7.14. The van der Waals surface area contributed by atoms with Crippen LogP contribution in [-0.4, -0.2) is 10.2 Å². The molecule has 2 aromatic carbocycles. The molecular formula is C18H15NO2S2. The molecule has 0 atom stereocenters. The number of carbonyl (C=O) groups excluding carboxylic acids is 1. The van der Waals surface area contributed by atoms with Crippen LogP contribution in [0.3, 0.4) is 0 Å².